The van der Waals surface area contributed by atoms with Gasteiger partial charge in [0.1, 0.15) is 23.9 Å². The Kier molecular flexibility index (Phi) is 9.67. The molecule has 2 aromatic rings. The summed E-state index contributed by atoms with van der Waals surface area (Å²) < 4.78 is 0. The van der Waals surface area contributed by atoms with Gasteiger partial charge >= 0.3 is 0 Å². The first kappa shape index (κ1) is 29.4. The summed E-state index contributed by atoms with van der Waals surface area (Å²) >= 11 is 0. The number of benzene rings is 2. The molecule has 0 aliphatic carbocycles. The smallest absolute Gasteiger partial charge is 0.126 e. The van der Waals surface area contributed by atoms with E-state index in [0.717, 1.165) is 38.9 Å². The number of hydrogen-bond acceptors (Lipinski definition) is 6. The monoisotopic (exact) mass is 488 g/mol. The van der Waals surface area contributed by atoms with Crippen LogP contribution in [0.25, 0.3) is 0 Å². The van der Waals surface area contributed by atoms with E-state index in [4.69, 9.17) is 0 Å². The van der Waals surface area contributed by atoms with Crippen LogP contribution >= 0.6 is 0 Å². The Morgan fingerprint density at radius 3 is 1.49 bits per heavy atom. The molecule has 6 heteroatoms. The molecule has 6 N–H and O–H groups in total. The minimum Gasteiger partial charge on any atom is -0.394 e. The summed E-state index contributed by atoms with van der Waals surface area (Å²) in [5, 5.41) is 66.4. The quantitative estimate of drug-likeness (QED) is 0.289. The molecule has 0 aliphatic rings. The molecule has 196 valence electrons. The van der Waals surface area contributed by atoms with Crippen molar-refractivity contribution in [3.05, 3.63) is 68.8 Å². The van der Waals surface area contributed by atoms with Gasteiger partial charge in [-0.25, -0.2) is 0 Å². The van der Waals surface area contributed by atoms with Crippen molar-refractivity contribution in [2.24, 2.45) is 0 Å². The minimum absolute atomic E-state index is 0.0655. The van der Waals surface area contributed by atoms with Gasteiger partial charge in [-0.05, 0) is 81.3 Å². The van der Waals surface area contributed by atoms with Gasteiger partial charge in [0.25, 0.3) is 0 Å². The van der Waals surface area contributed by atoms with Gasteiger partial charge in [-0.15, -0.1) is 0 Å². The molecule has 0 aliphatic heterocycles. The topological polar surface area (TPSA) is 121 Å². The molecule has 0 amide bonds. The van der Waals surface area contributed by atoms with Crippen LogP contribution in [0.1, 0.15) is 64.3 Å². The molecule has 0 heterocycles. The van der Waals surface area contributed by atoms with Crippen LogP contribution in [0.5, 0.6) is 0 Å². The highest BCUT2D eigenvalue weighted by molar-refractivity contribution is 5.40. The molecule has 0 saturated heterocycles. The van der Waals surface area contributed by atoms with E-state index in [1.165, 1.54) is 0 Å². The lowest BCUT2D eigenvalue weighted by atomic mass is 9.70. The van der Waals surface area contributed by atoms with Crippen molar-refractivity contribution in [3.63, 3.8) is 0 Å². The third-order valence-electron chi connectivity index (χ3n) is 7.35. The van der Waals surface area contributed by atoms with Crippen molar-refractivity contribution in [3.8, 4) is 0 Å². The molecular weight excluding hydrogens is 444 g/mol. The number of aryl methyl sites for hydroxylation is 6. The van der Waals surface area contributed by atoms with Gasteiger partial charge < -0.3 is 30.6 Å². The summed E-state index contributed by atoms with van der Waals surface area (Å²) in [6.07, 6.45) is -4.86. The fourth-order valence-electron chi connectivity index (χ4n) is 5.58. The van der Waals surface area contributed by atoms with Gasteiger partial charge in [0.05, 0.1) is 12.2 Å². The molecule has 6 nitrogen and oxygen atoms in total. The standard InChI is InChI=1S/C29H44O6/c1-8-9-28(34,14-23-19(4)10-17(2)11-20(23)5)27(33)29(35,26(32)25(31)16-30)15-24-21(6)12-18(3)13-22(24)7/h10-13,25-27,30-35H,8-9,14-16H2,1-7H3/t25-,26+,27+,28?,29+/m0/s1. The third-order valence-corrected chi connectivity index (χ3v) is 7.35. The lowest BCUT2D eigenvalue weighted by molar-refractivity contribution is -0.230. The highest BCUT2D eigenvalue weighted by Crippen LogP contribution is 2.37. The zero-order valence-electron chi connectivity index (χ0n) is 22.3. The Bertz CT molecular complexity index is 972. The molecule has 0 bridgehead atoms. The van der Waals surface area contributed by atoms with Gasteiger partial charge in [-0.2, -0.15) is 0 Å². The highest BCUT2D eigenvalue weighted by Gasteiger charge is 2.54. The van der Waals surface area contributed by atoms with Crippen LogP contribution in [-0.4, -0.2) is 66.8 Å². The first-order valence-electron chi connectivity index (χ1n) is 12.4. The average molecular weight is 489 g/mol. The minimum atomic E-state index is -2.33. The summed E-state index contributed by atoms with van der Waals surface area (Å²) in [5.74, 6) is 0. The zero-order valence-corrected chi connectivity index (χ0v) is 22.3. The van der Waals surface area contributed by atoms with Gasteiger partial charge in [-0.3, -0.25) is 0 Å². The molecule has 1 unspecified atom stereocenters. The van der Waals surface area contributed by atoms with E-state index in [-0.39, 0.29) is 19.3 Å². The Morgan fingerprint density at radius 2 is 1.11 bits per heavy atom. The van der Waals surface area contributed by atoms with E-state index in [2.05, 4.69) is 0 Å². The molecule has 0 radical (unpaired) electrons. The van der Waals surface area contributed by atoms with Crippen molar-refractivity contribution >= 4 is 0 Å². The van der Waals surface area contributed by atoms with E-state index in [9.17, 15) is 30.6 Å². The second-order valence-electron chi connectivity index (χ2n) is 10.6. The predicted octanol–water partition coefficient (Wildman–Crippen LogP) is 2.66. The fraction of sp³-hybridized carbons (Fsp3) is 0.586. The van der Waals surface area contributed by atoms with Gasteiger partial charge in [0, 0.05) is 12.8 Å². The van der Waals surface area contributed by atoms with E-state index < -0.39 is 36.1 Å². The molecule has 0 fully saturated rings. The first-order valence-corrected chi connectivity index (χ1v) is 12.4. The number of rotatable bonds is 11. The van der Waals surface area contributed by atoms with E-state index >= 15 is 0 Å². The fourth-order valence-corrected chi connectivity index (χ4v) is 5.58. The molecule has 5 atom stereocenters. The van der Waals surface area contributed by atoms with Crippen LogP contribution in [0.4, 0.5) is 0 Å². The van der Waals surface area contributed by atoms with Crippen molar-refractivity contribution in [1.29, 1.82) is 0 Å². The lowest BCUT2D eigenvalue weighted by Gasteiger charge is -2.46. The lowest BCUT2D eigenvalue weighted by Crippen LogP contribution is -2.66. The molecule has 0 spiro atoms. The maximum absolute atomic E-state index is 11.9. The number of aliphatic hydroxyl groups is 6. The molecule has 35 heavy (non-hydrogen) atoms. The summed E-state index contributed by atoms with van der Waals surface area (Å²) in [4.78, 5) is 0. The molecule has 0 saturated carbocycles. The van der Waals surface area contributed by atoms with Crippen LogP contribution < -0.4 is 0 Å². The SMILES string of the molecule is CCCC(O)(Cc1c(C)cc(C)cc1C)[C@@H](O)[C@@](O)(Cc1c(C)cc(C)cc1C)[C@H](O)[C@@H](O)CO. The summed E-state index contributed by atoms with van der Waals surface area (Å²) in [5.41, 5.74) is 3.24. The third kappa shape index (κ3) is 6.31. The van der Waals surface area contributed by atoms with Crippen molar-refractivity contribution in [2.75, 3.05) is 6.61 Å². The largest absolute Gasteiger partial charge is 0.394 e. The van der Waals surface area contributed by atoms with Crippen LogP contribution in [-0.2, 0) is 12.8 Å². The van der Waals surface area contributed by atoms with Crippen molar-refractivity contribution in [1.82, 2.24) is 0 Å². The Morgan fingerprint density at radius 1 is 0.714 bits per heavy atom. The highest BCUT2D eigenvalue weighted by atomic mass is 16.4. The average Bonchev–Trinajstić information content (AvgIpc) is 2.77. The van der Waals surface area contributed by atoms with Gasteiger partial charge in [-0.1, -0.05) is 48.7 Å². The molecule has 2 rings (SSSR count). The van der Waals surface area contributed by atoms with Gasteiger partial charge in [0.2, 0.25) is 0 Å². The normalized spacial score (nSPS) is 18.0. The summed E-state index contributed by atoms with van der Waals surface area (Å²) in [7, 11) is 0. The number of aliphatic hydroxyl groups excluding tert-OH is 4. The number of hydrogen-bond donors (Lipinski definition) is 6. The maximum Gasteiger partial charge on any atom is 0.126 e. The molecule has 2 aromatic carbocycles. The van der Waals surface area contributed by atoms with E-state index in [1.807, 2.05) is 72.7 Å². The zero-order chi connectivity index (χ0) is 26.7. The maximum atomic E-state index is 11.9. The second kappa shape index (κ2) is 11.5. The Hall–Kier alpha value is -1.80. The Labute approximate surface area is 209 Å². The van der Waals surface area contributed by atoms with Crippen LogP contribution in [0.2, 0.25) is 0 Å². The summed E-state index contributed by atoms with van der Waals surface area (Å²) in [6, 6.07) is 7.91. The van der Waals surface area contributed by atoms with E-state index in [1.54, 1.807) is 0 Å². The first-order chi connectivity index (χ1) is 16.2. The van der Waals surface area contributed by atoms with Crippen LogP contribution in [0.3, 0.4) is 0 Å². The molecule has 0 aromatic heterocycles. The predicted molar refractivity (Wildman–Crippen MR) is 139 cm³/mol. The van der Waals surface area contributed by atoms with E-state index in [0.29, 0.717) is 12.0 Å². The molecular formula is C29H44O6. The van der Waals surface area contributed by atoms with Crippen molar-refractivity contribution in [2.45, 2.75) is 104 Å². The van der Waals surface area contributed by atoms with Gasteiger partial charge in [0.15, 0.2) is 0 Å². The second-order valence-corrected chi connectivity index (χ2v) is 10.6. The summed E-state index contributed by atoms with van der Waals surface area (Å²) in [6.45, 7) is 12.7. The van der Waals surface area contributed by atoms with Crippen LogP contribution in [0, 0.1) is 41.5 Å². The van der Waals surface area contributed by atoms with Crippen molar-refractivity contribution < 1.29 is 30.6 Å². The Balaban J connectivity index is 2.64. The van der Waals surface area contributed by atoms with Crippen LogP contribution in [0.15, 0.2) is 24.3 Å².